The van der Waals surface area contributed by atoms with Gasteiger partial charge in [-0.15, -0.1) is 0 Å². The Morgan fingerprint density at radius 1 is 1.25 bits per heavy atom. The van der Waals surface area contributed by atoms with Crippen molar-refractivity contribution < 1.29 is 0 Å². The third-order valence-electron chi connectivity index (χ3n) is 4.13. The maximum atomic E-state index is 6.35. The van der Waals surface area contributed by atoms with Crippen LogP contribution in [0.4, 0.5) is 0 Å². The van der Waals surface area contributed by atoms with Crippen molar-refractivity contribution >= 4 is 11.8 Å². The van der Waals surface area contributed by atoms with Gasteiger partial charge in [0.15, 0.2) is 0 Å². The first-order chi connectivity index (χ1) is 7.81. The Kier molecular flexibility index (Phi) is 4.98. The molecule has 1 saturated heterocycles. The Morgan fingerprint density at radius 2 is 2.06 bits per heavy atom. The normalized spacial score (nSPS) is 38.2. The van der Waals surface area contributed by atoms with Gasteiger partial charge in [0.05, 0.1) is 0 Å². The molecule has 3 unspecified atom stereocenters. The third kappa shape index (κ3) is 3.14. The Balaban J connectivity index is 1.93. The molecule has 1 aliphatic carbocycles. The van der Waals surface area contributed by atoms with E-state index in [0.717, 1.165) is 5.25 Å². The molecule has 3 heteroatoms. The Hall–Kier alpha value is 0.270. The lowest BCUT2D eigenvalue weighted by atomic mass is 10.0. The van der Waals surface area contributed by atoms with E-state index in [4.69, 9.17) is 5.73 Å². The molecule has 1 aliphatic heterocycles. The number of rotatable bonds is 2. The number of hydrogen-bond donors (Lipinski definition) is 1. The van der Waals surface area contributed by atoms with Gasteiger partial charge in [-0.3, -0.25) is 4.90 Å². The molecule has 1 saturated carbocycles. The van der Waals surface area contributed by atoms with Crippen LogP contribution in [0.1, 0.15) is 45.4 Å². The molecule has 1 heterocycles. The molecule has 0 aromatic rings. The van der Waals surface area contributed by atoms with Crippen molar-refractivity contribution in [3.05, 3.63) is 0 Å². The van der Waals surface area contributed by atoms with Gasteiger partial charge in [-0.25, -0.2) is 0 Å². The van der Waals surface area contributed by atoms with Crippen LogP contribution in [0.15, 0.2) is 0 Å². The predicted molar refractivity (Wildman–Crippen MR) is 73.0 cm³/mol. The second-order valence-electron chi connectivity index (χ2n) is 5.27. The topological polar surface area (TPSA) is 29.3 Å². The van der Waals surface area contributed by atoms with Crippen molar-refractivity contribution in [2.75, 3.05) is 18.8 Å². The smallest absolute Gasteiger partial charge is 0.0247 e. The molecular formula is C13H26N2S. The van der Waals surface area contributed by atoms with Gasteiger partial charge in [0.25, 0.3) is 0 Å². The molecule has 2 rings (SSSR count). The van der Waals surface area contributed by atoms with Gasteiger partial charge >= 0.3 is 0 Å². The third-order valence-corrected chi connectivity index (χ3v) is 5.50. The summed E-state index contributed by atoms with van der Waals surface area (Å²) in [6, 6.07) is 1.11. The lowest BCUT2D eigenvalue weighted by Gasteiger charge is -2.39. The fourth-order valence-corrected chi connectivity index (χ4v) is 4.27. The van der Waals surface area contributed by atoms with Crippen LogP contribution in [-0.2, 0) is 0 Å². The van der Waals surface area contributed by atoms with Crippen LogP contribution in [0.5, 0.6) is 0 Å². The number of hydrogen-bond acceptors (Lipinski definition) is 3. The molecule has 0 spiro atoms. The number of nitrogens with zero attached hydrogens (tertiary/aromatic N) is 1. The van der Waals surface area contributed by atoms with E-state index in [1.165, 1.54) is 57.4 Å². The zero-order valence-corrected chi connectivity index (χ0v) is 11.3. The summed E-state index contributed by atoms with van der Waals surface area (Å²) in [4.78, 5) is 2.70. The molecule has 2 nitrogen and oxygen atoms in total. The first-order valence-electron chi connectivity index (χ1n) is 6.92. The molecule has 0 radical (unpaired) electrons. The molecule has 16 heavy (non-hydrogen) atoms. The lowest BCUT2D eigenvalue weighted by Crippen LogP contribution is -2.51. The highest BCUT2D eigenvalue weighted by molar-refractivity contribution is 8.00. The van der Waals surface area contributed by atoms with Crippen molar-refractivity contribution in [3.63, 3.8) is 0 Å². The van der Waals surface area contributed by atoms with E-state index in [-0.39, 0.29) is 0 Å². The van der Waals surface area contributed by atoms with Crippen LogP contribution < -0.4 is 5.73 Å². The summed E-state index contributed by atoms with van der Waals surface area (Å²) >= 11 is 2.15. The zero-order chi connectivity index (χ0) is 11.4. The molecule has 2 N–H and O–H groups in total. The number of thioether (sulfide) groups is 1. The molecule has 0 aromatic carbocycles. The summed E-state index contributed by atoms with van der Waals surface area (Å²) in [6.45, 7) is 4.85. The van der Waals surface area contributed by atoms with Gasteiger partial charge in [-0.05, 0) is 19.3 Å². The molecule has 2 fully saturated rings. The highest BCUT2D eigenvalue weighted by Crippen LogP contribution is 2.27. The average molecular weight is 242 g/mol. The molecule has 0 amide bonds. The predicted octanol–water partition coefficient (Wildman–Crippen LogP) is 2.47. The quantitative estimate of drug-likeness (QED) is 0.754. The average Bonchev–Trinajstić information content (AvgIpc) is 2.54. The van der Waals surface area contributed by atoms with Crippen molar-refractivity contribution in [2.24, 2.45) is 5.73 Å². The van der Waals surface area contributed by atoms with E-state index in [9.17, 15) is 0 Å². The number of nitrogens with two attached hydrogens (primary N) is 1. The lowest BCUT2D eigenvalue weighted by molar-refractivity contribution is 0.167. The van der Waals surface area contributed by atoms with Crippen LogP contribution in [0, 0.1) is 0 Å². The van der Waals surface area contributed by atoms with Crippen molar-refractivity contribution in [1.29, 1.82) is 0 Å². The van der Waals surface area contributed by atoms with Crippen LogP contribution in [-0.4, -0.2) is 41.1 Å². The first kappa shape index (κ1) is 12.7. The summed E-state index contributed by atoms with van der Waals surface area (Å²) in [5, 5.41) is 0.851. The summed E-state index contributed by atoms with van der Waals surface area (Å²) in [5.74, 6) is 1.31. The van der Waals surface area contributed by atoms with E-state index >= 15 is 0 Å². The largest absolute Gasteiger partial charge is 0.326 e. The molecule has 0 bridgehead atoms. The minimum Gasteiger partial charge on any atom is -0.326 e. The first-order valence-corrected chi connectivity index (χ1v) is 7.97. The van der Waals surface area contributed by atoms with Crippen molar-refractivity contribution in [2.45, 2.75) is 62.8 Å². The van der Waals surface area contributed by atoms with Crippen LogP contribution in [0.3, 0.4) is 0 Å². The highest BCUT2D eigenvalue weighted by Gasteiger charge is 2.29. The van der Waals surface area contributed by atoms with Crippen LogP contribution >= 0.6 is 11.8 Å². The zero-order valence-electron chi connectivity index (χ0n) is 10.5. The fourth-order valence-electron chi connectivity index (χ4n) is 3.06. The van der Waals surface area contributed by atoms with Gasteiger partial charge in [-0.2, -0.15) is 11.8 Å². The Bertz CT molecular complexity index is 210. The van der Waals surface area contributed by atoms with Gasteiger partial charge in [0.1, 0.15) is 0 Å². The summed E-state index contributed by atoms with van der Waals surface area (Å²) in [5.41, 5.74) is 6.35. The van der Waals surface area contributed by atoms with Crippen LogP contribution in [0.2, 0.25) is 0 Å². The van der Waals surface area contributed by atoms with Crippen molar-refractivity contribution in [3.8, 4) is 0 Å². The van der Waals surface area contributed by atoms with Gasteiger partial charge in [0.2, 0.25) is 0 Å². The van der Waals surface area contributed by atoms with E-state index in [0.29, 0.717) is 12.1 Å². The second kappa shape index (κ2) is 6.27. The maximum Gasteiger partial charge on any atom is 0.0247 e. The monoisotopic (exact) mass is 242 g/mol. The fraction of sp³-hybridized carbons (Fsp3) is 1.00. The minimum absolute atomic E-state index is 0.433. The van der Waals surface area contributed by atoms with Gasteiger partial charge in [0, 0.05) is 36.2 Å². The van der Waals surface area contributed by atoms with Crippen LogP contribution in [0.25, 0.3) is 0 Å². The molecule has 0 aromatic heterocycles. The van der Waals surface area contributed by atoms with Gasteiger partial charge < -0.3 is 5.73 Å². The summed E-state index contributed by atoms with van der Waals surface area (Å²) < 4.78 is 0. The standard InChI is InChI=1S/C13H26N2S/c1-2-11-10-15(8-9-16-11)13-7-5-3-4-6-12(13)14/h11-13H,2-10,14H2,1H3. The maximum absolute atomic E-state index is 6.35. The van der Waals surface area contributed by atoms with E-state index in [1.807, 2.05) is 0 Å². The van der Waals surface area contributed by atoms with E-state index in [1.54, 1.807) is 0 Å². The Morgan fingerprint density at radius 3 is 2.88 bits per heavy atom. The molecule has 94 valence electrons. The molecular weight excluding hydrogens is 216 g/mol. The molecule has 2 aliphatic rings. The van der Waals surface area contributed by atoms with E-state index < -0.39 is 0 Å². The molecule has 3 atom stereocenters. The second-order valence-corrected chi connectivity index (χ2v) is 6.67. The van der Waals surface area contributed by atoms with E-state index in [2.05, 4.69) is 23.6 Å². The summed E-state index contributed by atoms with van der Waals surface area (Å²) in [7, 11) is 0. The minimum atomic E-state index is 0.433. The Labute approximate surface area is 104 Å². The summed E-state index contributed by atoms with van der Waals surface area (Å²) in [6.07, 6.45) is 8.01. The highest BCUT2D eigenvalue weighted by atomic mass is 32.2. The van der Waals surface area contributed by atoms with Crippen molar-refractivity contribution in [1.82, 2.24) is 4.90 Å². The van der Waals surface area contributed by atoms with Gasteiger partial charge in [-0.1, -0.05) is 26.2 Å². The SMILES string of the molecule is CCC1CN(C2CCCCCC2N)CCS1.